The Morgan fingerprint density at radius 3 is 2.96 bits per heavy atom. The fourth-order valence-corrected chi connectivity index (χ4v) is 4.79. The van der Waals surface area contributed by atoms with Crippen molar-refractivity contribution in [3.8, 4) is 0 Å². The molecule has 23 heavy (non-hydrogen) atoms. The van der Waals surface area contributed by atoms with E-state index in [1.54, 1.807) is 11.3 Å². The standard InChI is InChI=1S/C18H25N3OS/c1-2-7-17-16(6-1)20-18(23-17)19-15-5-3-4-14(12-15)13-21-8-10-22-11-9-21/h1-2,6-7,14-15H,3-5,8-13H2,(H,19,20)/t14-,15-/m1/s1. The van der Waals surface area contributed by atoms with Gasteiger partial charge in [0.05, 0.1) is 23.4 Å². The Kier molecular flexibility index (Phi) is 4.78. The van der Waals surface area contributed by atoms with Gasteiger partial charge in [-0.2, -0.15) is 0 Å². The van der Waals surface area contributed by atoms with E-state index < -0.39 is 0 Å². The van der Waals surface area contributed by atoms with E-state index in [0.717, 1.165) is 42.9 Å². The summed E-state index contributed by atoms with van der Waals surface area (Å²) in [5, 5.41) is 4.79. The van der Waals surface area contributed by atoms with Crippen molar-refractivity contribution in [3.63, 3.8) is 0 Å². The number of ether oxygens (including phenoxy) is 1. The first kappa shape index (κ1) is 15.4. The summed E-state index contributed by atoms with van der Waals surface area (Å²) in [6.45, 7) is 5.25. The monoisotopic (exact) mass is 331 g/mol. The zero-order valence-electron chi connectivity index (χ0n) is 13.5. The second-order valence-corrected chi connectivity index (χ2v) is 7.80. The molecule has 4 nitrogen and oxygen atoms in total. The van der Waals surface area contributed by atoms with E-state index >= 15 is 0 Å². The molecule has 1 saturated heterocycles. The fraction of sp³-hybridized carbons (Fsp3) is 0.611. The maximum Gasteiger partial charge on any atom is 0.184 e. The molecule has 2 aliphatic rings. The minimum Gasteiger partial charge on any atom is -0.379 e. The number of hydrogen-bond donors (Lipinski definition) is 1. The summed E-state index contributed by atoms with van der Waals surface area (Å²) in [5.74, 6) is 0.814. The molecule has 2 atom stereocenters. The third kappa shape index (κ3) is 3.84. The summed E-state index contributed by atoms with van der Waals surface area (Å²) in [6.07, 6.45) is 5.25. The predicted molar refractivity (Wildman–Crippen MR) is 96.2 cm³/mol. The average molecular weight is 331 g/mol. The van der Waals surface area contributed by atoms with Crippen LogP contribution in [0.5, 0.6) is 0 Å². The van der Waals surface area contributed by atoms with Crippen LogP contribution in [0.2, 0.25) is 0 Å². The zero-order valence-corrected chi connectivity index (χ0v) is 14.4. The molecule has 4 rings (SSSR count). The summed E-state index contributed by atoms with van der Waals surface area (Å²) in [7, 11) is 0. The van der Waals surface area contributed by atoms with Crippen molar-refractivity contribution in [2.45, 2.75) is 31.7 Å². The Balaban J connectivity index is 1.35. The average Bonchev–Trinajstić information content (AvgIpc) is 2.98. The molecule has 0 radical (unpaired) electrons. The summed E-state index contributed by atoms with van der Waals surface area (Å²) in [5.41, 5.74) is 1.11. The molecule has 0 bridgehead atoms. The topological polar surface area (TPSA) is 37.4 Å². The molecule has 1 aromatic heterocycles. The highest BCUT2D eigenvalue weighted by Crippen LogP contribution is 2.31. The van der Waals surface area contributed by atoms with Crippen molar-refractivity contribution in [3.05, 3.63) is 24.3 Å². The third-order valence-corrected chi connectivity index (χ3v) is 5.99. The van der Waals surface area contributed by atoms with E-state index in [0.29, 0.717) is 6.04 Å². The molecule has 0 amide bonds. The first-order valence-corrected chi connectivity index (χ1v) is 9.61. The van der Waals surface area contributed by atoms with Gasteiger partial charge < -0.3 is 10.1 Å². The van der Waals surface area contributed by atoms with Gasteiger partial charge in [-0.3, -0.25) is 4.90 Å². The highest BCUT2D eigenvalue weighted by molar-refractivity contribution is 7.22. The number of para-hydroxylation sites is 1. The van der Waals surface area contributed by atoms with E-state index in [4.69, 9.17) is 9.72 Å². The SMILES string of the molecule is c1ccc2sc(N[C@@H]3CCC[C@@H](CN4CCOCC4)C3)nc2c1. The van der Waals surface area contributed by atoms with Gasteiger partial charge in [-0.05, 0) is 37.3 Å². The zero-order chi connectivity index (χ0) is 15.5. The van der Waals surface area contributed by atoms with Crippen LogP contribution < -0.4 is 5.32 Å². The quantitative estimate of drug-likeness (QED) is 0.929. The number of nitrogens with zero attached hydrogens (tertiary/aromatic N) is 2. The molecule has 2 heterocycles. The first-order valence-electron chi connectivity index (χ1n) is 8.79. The summed E-state index contributed by atoms with van der Waals surface area (Å²) < 4.78 is 6.73. The highest BCUT2D eigenvalue weighted by Gasteiger charge is 2.25. The van der Waals surface area contributed by atoms with Crippen LogP contribution in [0.25, 0.3) is 10.2 Å². The largest absolute Gasteiger partial charge is 0.379 e. The van der Waals surface area contributed by atoms with E-state index in [9.17, 15) is 0 Å². The number of fused-ring (bicyclic) bond motifs is 1. The normalized spacial score (nSPS) is 26.4. The molecular formula is C18H25N3OS. The summed E-state index contributed by atoms with van der Waals surface area (Å²) in [4.78, 5) is 7.31. The number of morpholine rings is 1. The number of hydrogen-bond acceptors (Lipinski definition) is 5. The molecule has 0 unspecified atom stereocenters. The van der Waals surface area contributed by atoms with E-state index in [1.165, 1.54) is 36.9 Å². The summed E-state index contributed by atoms with van der Waals surface area (Å²) in [6, 6.07) is 8.98. The Morgan fingerprint density at radius 1 is 1.22 bits per heavy atom. The molecule has 2 fully saturated rings. The van der Waals surface area contributed by atoms with Crippen molar-refractivity contribution in [1.29, 1.82) is 0 Å². The molecule has 1 aliphatic carbocycles. The van der Waals surface area contributed by atoms with Gasteiger partial charge in [-0.1, -0.05) is 29.9 Å². The molecule has 0 spiro atoms. The van der Waals surface area contributed by atoms with Gasteiger partial charge in [0.2, 0.25) is 0 Å². The molecule has 1 aromatic carbocycles. The molecule has 1 aliphatic heterocycles. The lowest BCUT2D eigenvalue weighted by molar-refractivity contribution is 0.0275. The minimum atomic E-state index is 0.579. The van der Waals surface area contributed by atoms with Crippen molar-refractivity contribution >= 4 is 26.7 Å². The van der Waals surface area contributed by atoms with Crippen LogP contribution in [0.15, 0.2) is 24.3 Å². The van der Waals surface area contributed by atoms with Gasteiger partial charge >= 0.3 is 0 Å². The van der Waals surface area contributed by atoms with Crippen LogP contribution in [0.1, 0.15) is 25.7 Å². The maximum atomic E-state index is 5.46. The smallest absolute Gasteiger partial charge is 0.184 e. The Bertz CT molecular complexity index is 605. The van der Waals surface area contributed by atoms with Crippen molar-refractivity contribution in [1.82, 2.24) is 9.88 Å². The van der Waals surface area contributed by atoms with Gasteiger partial charge in [0.15, 0.2) is 5.13 Å². The minimum absolute atomic E-state index is 0.579. The molecular weight excluding hydrogens is 306 g/mol. The number of anilines is 1. The van der Waals surface area contributed by atoms with Crippen LogP contribution in [0.3, 0.4) is 0 Å². The van der Waals surface area contributed by atoms with Gasteiger partial charge in [0.1, 0.15) is 0 Å². The van der Waals surface area contributed by atoms with Crippen molar-refractivity contribution in [2.75, 3.05) is 38.2 Å². The van der Waals surface area contributed by atoms with Gasteiger partial charge in [-0.25, -0.2) is 4.98 Å². The lowest BCUT2D eigenvalue weighted by atomic mass is 9.85. The number of thiazole rings is 1. The van der Waals surface area contributed by atoms with E-state index in [-0.39, 0.29) is 0 Å². The number of aromatic nitrogens is 1. The lowest BCUT2D eigenvalue weighted by Gasteiger charge is -2.35. The van der Waals surface area contributed by atoms with Gasteiger partial charge in [-0.15, -0.1) is 0 Å². The Labute approximate surface area is 141 Å². The van der Waals surface area contributed by atoms with Crippen molar-refractivity contribution < 1.29 is 4.74 Å². The molecule has 1 N–H and O–H groups in total. The van der Waals surface area contributed by atoms with Crippen LogP contribution in [0.4, 0.5) is 5.13 Å². The highest BCUT2D eigenvalue weighted by atomic mass is 32.1. The van der Waals surface area contributed by atoms with Crippen LogP contribution in [-0.2, 0) is 4.74 Å². The number of benzene rings is 1. The van der Waals surface area contributed by atoms with Crippen LogP contribution in [-0.4, -0.2) is 48.8 Å². The lowest BCUT2D eigenvalue weighted by Crippen LogP contribution is -2.41. The van der Waals surface area contributed by atoms with Gasteiger partial charge in [0, 0.05) is 25.7 Å². The number of nitrogens with one attached hydrogen (secondary N) is 1. The molecule has 5 heteroatoms. The maximum absolute atomic E-state index is 5.46. The van der Waals surface area contributed by atoms with Gasteiger partial charge in [0.25, 0.3) is 0 Å². The molecule has 1 saturated carbocycles. The first-order chi connectivity index (χ1) is 11.4. The third-order valence-electron chi connectivity index (χ3n) is 5.02. The predicted octanol–water partition coefficient (Wildman–Crippen LogP) is 3.60. The second kappa shape index (κ2) is 7.16. The van der Waals surface area contributed by atoms with Crippen molar-refractivity contribution in [2.24, 2.45) is 5.92 Å². The number of rotatable bonds is 4. The van der Waals surface area contributed by atoms with E-state index in [2.05, 4.69) is 34.5 Å². The molecule has 2 aromatic rings. The van der Waals surface area contributed by atoms with E-state index in [1.807, 2.05) is 0 Å². The molecule has 124 valence electrons. The Hall–Kier alpha value is -1.17. The van der Waals surface area contributed by atoms with Crippen LogP contribution in [0, 0.1) is 5.92 Å². The fourth-order valence-electron chi connectivity index (χ4n) is 3.85. The second-order valence-electron chi connectivity index (χ2n) is 6.77. The Morgan fingerprint density at radius 2 is 2.09 bits per heavy atom. The van der Waals surface area contributed by atoms with Crippen LogP contribution >= 0.6 is 11.3 Å². The summed E-state index contributed by atoms with van der Waals surface area (Å²) >= 11 is 1.78.